The number of anilines is 1. The Morgan fingerprint density at radius 1 is 1.42 bits per heavy atom. The molecule has 1 saturated heterocycles. The third-order valence-corrected chi connectivity index (χ3v) is 3.43. The number of hydrogen-bond acceptors (Lipinski definition) is 5. The minimum absolute atomic E-state index is 0.0657. The highest BCUT2D eigenvalue weighted by Crippen LogP contribution is 2.19. The number of carbonyl (C=O) groups excluding carboxylic acids is 1. The fraction of sp³-hybridized carbons (Fsp3) is 0.615. The Bertz CT molecular complexity index is 443. The number of nitrogens with one attached hydrogen (secondary N) is 2. The molecule has 1 aliphatic heterocycles. The average molecular weight is 263 g/mol. The summed E-state index contributed by atoms with van der Waals surface area (Å²) in [5, 5.41) is 6.00. The van der Waals surface area contributed by atoms with Crippen LogP contribution in [0.25, 0.3) is 0 Å². The molecule has 1 fully saturated rings. The van der Waals surface area contributed by atoms with Gasteiger partial charge in [-0.05, 0) is 20.8 Å². The predicted molar refractivity (Wildman–Crippen MR) is 73.7 cm³/mol. The second-order valence-corrected chi connectivity index (χ2v) is 5.16. The second kappa shape index (κ2) is 5.52. The van der Waals surface area contributed by atoms with Crippen molar-refractivity contribution in [3.8, 4) is 0 Å². The van der Waals surface area contributed by atoms with E-state index in [1.165, 1.54) is 0 Å². The molecule has 0 saturated carbocycles. The zero-order valence-corrected chi connectivity index (χ0v) is 11.7. The van der Waals surface area contributed by atoms with Crippen LogP contribution in [0.15, 0.2) is 12.4 Å². The van der Waals surface area contributed by atoms with Crippen LogP contribution in [0.5, 0.6) is 0 Å². The maximum Gasteiger partial charge on any atom is 0.240 e. The molecule has 1 aromatic rings. The average Bonchev–Trinajstić information content (AvgIpc) is 2.38. The molecule has 1 aliphatic rings. The van der Waals surface area contributed by atoms with E-state index in [1.807, 2.05) is 20.8 Å². The number of aromatic nitrogens is 2. The zero-order chi connectivity index (χ0) is 13.9. The molecule has 0 radical (unpaired) electrons. The van der Waals surface area contributed by atoms with Crippen LogP contribution in [0.1, 0.15) is 26.5 Å². The van der Waals surface area contributed by atoms with Crippen LogP contribution < -0.4 is 10.6 Å². The normalized spacial score (nSPS) is 19.0. The molecule has 6 heteroatoms. The topological polar surface area (TPSA) is 70.2 Å². The van der Waals surface area contributed by atoms with Gasteiger partial charge in [0.05, 0.1) is 23.6 Å². The van der Waals surface area contributed by atoms with Crippen molar-refractivity contribution in [3.05, 3.63) is 18.1 Å². The first kappa shape index (κ1) is 13.7. The summed E-state index contributed by atoms with van der Waals surface area (Å²) < 4.78 is 0. The molecule has 0 aliphatic carbocycles. The van der Waals surface area contributed by atoms with Crippen LogP contribution in [0.4, 0.5) is 5.82 Å². The molecular weight excluding hydrogens is 242 g/mol. The van der Waals surface area contributed by atoms with Crippen molar-refractivity contribution in [3.63, 3.8) is 0 Å². The second-order valence-electron chi connectivity index (χ2n) is 5.16. The van der Waals surface area contributed by atoms with Gasteiger partial charge in [-0.3, -0.25) is 14.7 Å². The molecule has 0 aromatic carbocycles. The van der Waals surface area contributed by atoms with Crippen LogP contribution >= 0.6 is 0 Å². The minimum atomic E-state index is -0.500. The molecule has 1 aromatic heterocycles. The van der Waals surface area contributed by atoms with E-state index in [0.717, 1.165) is 24.6 Å². The van der Waals surface area contributed by atoms with Gasteiger partial charge in [0.2, 0.25) is 5.91 Å². The number of amides is 1. The van der Waals surface area contributed by atoms with Gasteiger partial charge < -0.3 is 10.6 Å². The number of piperazine rings is 1. The Morgan fingerprint density at radius 3 is 2.84 bits per heavy atom. The third-order valence-electron chi connectivity index (χ3n) is 3.43. The number of nitrogens with zero attached hydrogens (tertiary/aromatic N) is 3. The highest BCUT2D eigenvalue weighted by Gasteiger charge is 2.37. The van der Waals surface area contributed by atoms with E-state index in [1.54, 1.807) is 12.4 Å². The van der Waals surface area contributed by atoms with Gasteiger partial charge in [0.15, 0.2) is 0 Å². The van der Waals surface area contributed by atoms with Crippen molar-refractivity contribution in [2.45, 2.75) is 32.9 Å². The van der Waals surface area contributed by atoms with Crippen molar-refractivity contribution in [1.82, 2.24) is 20.2 Å². The van der Waals surface area contributed by atoms with Gasteiger partial charge in [0.1, 0.15) is 5.82 Å². The Balaban J connectivity index is 2.05. The highest BCUT2D eigenvalue weighted by molar-refractivity contribution is 5.86. The summed E-state index contributed by atoms with van der Waals surface area (Å²) in [5.41, 5.74) is 0.379. The van der Waals surface area contributed by atoms with Crippen molar-refractivity contribution in [2.75, 3.05) is 25.0 Å². The van der Waals surface area contributed by atoms with Gasteiger partial charge >= 0.3 is 0 Å². The van der Waals surface area contributed by atoms with Gasteiger partial charge in [-0.15, -0.1) is 0 Å². The predicted octanol–water partition coefficient (Wildman–Crippen LogP) is 0.619. The molecule has 1 amide bonds. The number of carbonyl (C=O) groups is 1. The Labute approximate surface area is 113 Å². The van der Waals surface area contributed by atoms with Crippen LogP contribution in [-0.2, 0) is 11.3 Å². The highest BCUT2D eigenvalue weighted by atomic mass is 16.2. The van der Waals surface area contributed by atoms with Crippen molar-refractivity contribution in [2.24, 2.45) is 0 Å². The van der Waals surface area contributed by atoms with Crippen LogP contribution in [-0.4, -0.2) is 45.9 Å². The van der Waals surface area contributed by atoms with Crippen LogP contribution in [0.2, 0.25) is 0 Å². The lowest BCUT2D eigenvalue weighted by Crippen LogP contribution is -2.61. The summed E-state index contributed by atoms with van der Waals surface area (Å²) in [4.78, 5) is 22.7. The summed E-state index contributed by atoms with van der Waals surface area (Å²) >= 11 is 0. The van der Waals surface area contributed by atoms with Crippen LogP contribution in [0, 0.1) is 0 Å². The van der Waals surface area contributed by atoms with E-state index in [0.29, 0.717) is 13.1 Å². The smallest absolute Gasteiger partial charge is 0.240 e. The molecule has 6 nitrogen and oxygen atoms in total. The summed E-state index contributed by atoms with van der Waals surface area (Å²) in [6, 6.07) is 0. The van der Waals surface area contributed by atoms with E-state index in [-0.39, 0.29) is 5.91 Å². The van der Waals surface area contributed by atoms with E-state index in [9.17, 15) is 4.79 Å². The molecular formula is C13H21N5O. The molecule has 0 unspecified atom stereocenters. The lowest BCUT2D eigenvalue weighted by atomic mass is 9.99. The lowest BCUT2D eigenvalue weighted by molar-refractivity contribution is -0.135. The fourth-order valence-electron chi connectivity index (χ4n) is 2.12. The van der Waals surface area contributed by atoms with Gasteiger partial charge in [-0.25, -0.2) is 4.98 Å². The zero-order valence-electron chi connectivity index (χ0n) is 11.7. The van der Waals surface area contributed by atoms with E-state index in [2.05, 4.69) is 25.5 Å². The molecule has 2 heterocycles. The van der Waals surface area contributed by atoms with E-state index in [4.69, 9.17) is 0 Å². The molecule has 0 bridgehead atoms. The number of hydrogen-bond donors (Lipinski definition) is 2. The molecule has 2 N–H and O–H groups in total. The van der Waals surface area contributed by atoms with Gasteiger partial charge in [0.25, 0.3) is 0 Å². The summed E-state index contributed by atoms with van der Waals surface area (Å²) in [7, 11) is 0. The standard InChI is InChI=1S/C13H21N5O/c1-4-14-11-8-16-10(7-17-11)9-18-6-5-15-12(19)13(18,2)3/h7-8H,4-6,9H2,1-3H3,(H,14,17)(H,15,19). The van der Waals surface area contributed by atoms with E-state index < -0.39 is 5.54 Å². The molecule has 0 atom stereocenters. The van der Waals surface area contributed by atoms with Gasteiger partial charge in [0, 0.05) is 26.2 Å². The fourth-order valence-corrected chi connectivity index (χ4v) is 2.12. The lowest BCUT2D eigenvalue weighted by Gasteiger charge is -2.40. The molecule has 19 heavy (non-hydrogen) atoms. The van der Waals surface area contributed by atoms with Gasteiger partial charge in [-0.2, -0.15) is 0 Å². The first-order valence-electron chi connectivity index (χ1n) is 6.62. The SMILES string of the molecule is CCNc1cnc(CN2CCNC(=O)C2(C)C)cn1. The minimum Gasteiger partial charge on any atom is -0.369 e. The van der Waals surface area contributed by atoms with Crippen molar-refractivity contribution < 1.29 is 4.79 Å². The summed E-state index contributed by atoms with van der Waals surface area (Å²) in [6.45, 7) is 8.86. The Hall–Kier alpha value is -1.69. The Kier molecular flexibility index (Phi) is 3.99. The summed E-state index contributed by atoms with van der Waals surface area (Å²) in [6.07, 6.45) is 3.50. The van der Waals surface area contributed by atoms with Crippen molar-refractivity contribution >= 4 is 11.7 Å². The molecule has 104 valence electrons. The van der Waals surface area contributed by atoms with Crippen LogP contribution in [0.3, 0.4) is 0 Å². The first-order chi connectivity index (χ1) is 9.04. The largest absolute Gasteiger partial charge is 0.369 e. The molecule has 0 spiro atoms. The maximum absolute atomic E-state index is 11.9. The number of rotatable bonds is 4. The quantitative estimate of drug-likeness (QED) is 0.833. The first-order valence-corrected chi connectivity index (χ1v) is 6.62. The Morgan fingerprint density at radius 2 is 2.21 bits per heavy atom. The molecule has 2 rings (SSSR count). The van der Waals surface area contributed by atoms with Crippen molar-refractivity contribution in [1.29, 1.82) is 0 Å². The summed E-state index contributed by atoms with van der Waals surface area (Å²) in [5.74, 6) is 0.845. The maximum atomic E-state index is 11.9. The third kappa shape index (κ3) is 3.01. The van der Waals surface area contributed by atoms with E-state index >= 15 is 0 Å². The van der Waals surface area contributed by atoms with Gasteiger partial charge in [-0.1, -0.05) is 0 Å². The monoisotopic (exact) mass is 263 g/mol.